The van der Waals surface area contributed by atoms with Gasteiger partial charge in [-0.1, -0.05) is 6.07 Å². The zero-order valence-corrected chi connectivity index (χ0v) is 14.6. The van der Waals surface area contributed by atoms with E-state index in [0.29, 0.717) is 19.8 Å². The van der Waals surface area contributed by atoms with Crippen LogP contribution in [0.5, 0.6) is 11.5 Å². The van der Waals surface area contributed by atoms with Gasteiger partial charge in [-0.15, -0.1) is 0 Å². The molecule has 2 aromatic rings. The number of aromatic nitrogens is 2. The molecule has 0 saturated heterocycles. The summed E-state index contributed by atoms with van der Waals surface area (Å²) in [6.07, 6.45) is 4.46. The van der Waals surface area contributed by atoms with Crippen LogP contribution >= 0.6 is 0 Å². The van der Waals surface area contributed by atoms with Crippen molar-refractivity contribution < 1.29 is 14.3 Å². The van der Waals surface area contributed by atoms with Crippen LogP contribution in [0.15, 0.2) is 36.7 Å². The molecule has 134 valence electrons. The number of ether oxygens (including phenoxy) is 2. The Morgan fingerprint density at radius 1 is 1.24 bits per heavy atom. The number of nitrogens with zero attached hydrogens (tertiary/aromatic N) is 2. The van der Waals surface area contributed by atoms with E-state index in [0.717, 1.165) is 23.5 Å². The molecule has 1 aromatic carbocycles. The minimum absolute atomic E-state index is 0.0316. The number of benzene rings is 1. The maximum absolute atomic E-state index is 12.2. The molecule has 3 rings (SSSR count). The average molecular weight is 344 g/mol. The predicted octanol–water partition coefficient (Wildman–Crippen LogP) is 2.49. The largest absolute Gasteiger partial charge is 0.490 e. The van der Waals surface area contributed by atoms with E-state index in [-0.39, 0.29) is 18.1 Å². The second kappa shape index (κ2) is 7.92. The molecule has 0 spiro atoms. The first-order chi connectivity index (χ1) is 12.1. The van der Waals surface area contributed by atoms with Gasteiger partial charge in [0.15, 0.2) is 11.5 Å². The molecule has 7 heteroatoms. The van der Waals surface area contributed by atoms with Crippen LogP contribution in [0.1, 0.15) is 31.9 Å². The Kier molecular flexibility index (Phi) is 5.42. The highest BCUT2D eigenvalue weighted by atomic mass is 16.5. The number of carbonyl (C=O) groups is 1. The first-order valence-electron chi connectivity index (χ1n) is 8.56. The van der Waals surface area contributed by atoms with Gasteiger partial charge in [0.1, 0.15) is 0 Å². The van der Waals surface area contributed by atoms with Crippen LogP contribution in [0, 0.1) is 0 Å². The van der Waals surface area contributed by atoms with Crippen LogP contribution in [0.3, 0.4) is 0 Å². The molecular formula is C18H24N4O3. The van der Waals surface area contributed by atoms with Crippen molar-refractivity contribution in [2.75, 3.05) is 13.2 Å². The highest BCUT2D eigenvalue weighted by molar-refractivity contribution is 5.74. The van der Waals surface area contributed by atoms with E-state index in [9.17, 15) is 4.79 Å². The number of rotatable bonds is 5. The van der Waals surface area contributed by atoms with Gasteiger partial charge >= 0.3 is 6.03 Å². The van der Waals surface area contributed by atoms with Gasteiger partial charge in [0.05, 0.1) is 25.8 Å². The molecule has 2 atom stereocenters. The summed E-state index contributed by atoms with van der Waals surface area (Å²) in [6, 6.07) is 7.25. The summed E-state index contributed by atoms with van der Waals surface area (Å²) >= 11 is 0. The Hall–Kier alpha value is -2.70. The Morgan fingerprint density at radius 3 is 2.80 bits per heavy atom. The molecule has 0 radical (unpaired) electrons. The summed E-state index contributed by atoms with van der Waals surface area (Å²) in [4.78, 5) is 12.2. The lowest BCUT2D eigenvalue weighted by atomic mass is 10.1. The number of carbonyl (C=O) groups excluding carboxylic acids is 1. The van der Waals surface area contributed by atoms with Crippen molar-refractivity contribution in [1.29, 1.82) is 0 Å². The minimum Gasteiger partial charge on any atom is -0.490 e. The molecule has 2 amide bonds. The summed E-state index contributed by atoms with van der Waals surface area (Å²) in [7, 11) is 0. The van der Waals surface area contributed by atoms with Crippen molar-refractivity contribution in [1.82, 2.24) is 20.4 Å². The third-order valence-corrected chi connectivity index (χ3v) is 4.02. The van der Waals surface area contributed by atoms with Crippen molar-refractivity contribution in [3.05, 3.63) is 42.2 Å². The lowest BCUT2D eigenvalue weighted by Gasteiger charge is -2.19. The molecule has 25 heavy (non-hydrogen) atoms. The van der Waals surface area contributed by atoms with E-state index in [1.807, 2.05) is 44.3 Å². The Labute approximate surface area is 147 Å². The van der Waals surface area contributed by atoms with Crippen LogP contribution < -0.4 is 20.1 Å². The van der Waals surface area contributed by atoms with Crippen LogP contribution in [0.2, 0.25) is 0 Å². The van der Waals surface area contributed by atoms with E-state index >= 15 is 0 Å². The number of hydrogen-bond donors (Lipinski definition) is 2. The molecule has 7 nitrogen and oxygen atoms in total. The maximum Gasteiger partial charge on any atom is 0.315 e. The molecule has 1 aliphatic rings. The zero-order chi connectivity index (χ0) is 17.6. The van der Waals surface area contributed by atoms with Crippen molar-refractivity contribution in [3.8, 4) is 11.5 Å². The number of urea groups is 1. The van der Waals surface area contributed by atoms with Gasteiger partial charge in [-0.2, -0.15) is 5.10 Å². The topological polar surface area (TPSA) is 77.4 Å². The molecule has 0 unspecified atom stereocenters. The Balaban J connectivity index is 1.55. The molecule has 0 bridgehead atoms. The van der Waals surface area contributed by atoms with Gasteiger partial charge in [-0.3, -0.25) is 4.68 Å². The predicted molar refractivity (Wildman–Crippen MR) is 93.8 cm³/mol. The fraction of sp³-hybridized carbons (Fsp3) is 0.444. The highest BCUT2D eigenvalue weighted by Gasteiger charge is 2.16. The molecule has 0 aliphatic carbocycles. The van der Waals surface area contributed by atoms with Gasteiger partial charge in [0, 0.05) is 24.9 Å². The number of nitrogens with one attached hydrogen (secondary N) is 2. The van der Waals surface area contributed by atoms with E-state index in [4.69, 9.17) is 9.47 Å². The monoisotopic (exact) mass is 344 g/mol. The minimum atomic E-state index is -0.209. The van der Waals surface area contributed by atoms with Crippen molar-refractivity contribution in [2.24, 2.45) is 0 Å². The Morgan fingerprint density at radius 2 is 2.04 bits per heavy atom. The van der Waals surface area contributed by atoms with Gasteiger partial charge in [-0.05, 0) is 37.6 Å². The summed E-state index contributed by atoms with van der Waals surface area (Å²) in [5.74, 6) is 1.49. The van der Waals surface area contributed by atoms with Crippen LogP contribution in [0.25, 0.3) is 0 Å². The second-order valence-electron chi connectivity index (χ2n) is 6.23. The standard InChI is InChI=1S/C18H24N4O3/c1-13(12-22-8-3-7-19-22)20-18(23)21-14(2)15-5-6-16-17(11-15)25-10-4-9-24-16/h3,5-8,11,13-14H,4,9-10,12H2,1-2H3,(H2,20,21,23)/t13-,14+/m0/s1. The lowest BCUT2D eigenvalue weighted by Crippen LogP contribution is -2.43. The molecule has 1 aromatic heterocycles. The third-order valence-electron chi connectivity index (χ3n) is 4.02. The average Bonchev–Trinajstić information content (AvgIpc) is 2.96. The van der Waals surface area contributed by atoms with E-state index in [1.165, 1.54) is 0 Å². The van der Waals surface area contributed by atoms with Crippen molar-refractivity contribution in [2.45, 2.75) is 38.9 Å². The molecular weight excluding hydrogens is 320 g/mol. The number of hydrogen-bond acceptors (Lipinski definition) is 4. The fourth-order valence-electron chi connectivity index (χ4n) is 2.73. The van der Waals surface area contributed by atoms with Crippen LogP contribution in [-0.4, -0.2) is 35.1 Å². The summed E-state index contributed by atoms with van der Waals surface area (Å²) in [5.41, 5.74) is 0.971. The van der Waals surface area contributed by atoms with Gasteiger partial charge in [0.2, 0.25) is 0 Å². The molecule has 0 fully saturated rings. The van der Waals surface area contributed by atoms with Crippen LogP contribution in [-0.2, 0) is 6.54 Å². The second-order valence-corrected chi connectivity index (χ2v) is 6.23. The Bertz CT molecular complexity index is 702. The van der Waals surface area contributed by atoms with Crippen molar-refractivity contribution in [3.63, 3.8) is 0 Å². The SMILES string of the molecule is C[C@@H](Cn1cccn1)NC(=O)N[C@H](C)c1ccc2c(c1)OCCCO2. The normalized spacial score (nSPS) is 15.8. The molecule has 1 aliphatic heterocycles. The lowest BCUT2D eigenvalue weighted by molar-refractivity contribution is 0.233. The van der Waals surface area contributed by atoms with E-state index < -0.39 is 0 Å². The quantitative estimate of drug-likeness (QED) is 0.874. The van der Waals surface area contributed by atoms with Gasteiger partial charge in [-0.25, -0.2) is 4.79 Å². The maximum atomic E-state index is 12.2. The fourth-order valence-corrected chi connectivity index (χ4v) is 2.73. The third kappa shape index (κ3) is 4.65. The molecule has 2 N–H and O–H groups in total. The molecule has 2 heterocycles. The summed E-state index contributed by atoms with van der Waals surface area (Å²) in [5, 5.41) is 10.0. The smallest absolute Gasteiger partial charge is 0.315 e. The van der Waals surface area contributed by atoms with E-state index in [2.05, 4.69) is 15.7 Å². The first-order valence-corrected chi connectivity index (χ1v) is 8.56. The van der Waals surface area contributed by atoms with Crippen molar-refractivity contribution >= 4 is 6.03 Å². The highest BCUT2D eigenvalue weighted by Crippen LogP contribution is 2.32. The molecule has 0 saturated carbocycles. The van der Waals surface area contributed by atoms with Crippen LogP contribution in [0.4, 0.5) is 4.79 Å². The van der Waals surface area contributed by atoms with Gasteiger partial charge < -0.3 is 20.1 Å². The summed E-state index contributed by atoms with van der Waals surface area (Å²) in [6.45, 7) is 5.82. The number of fused-ring (bicyclic) bond motifs is 1. The zero-order valence-electron chi connectivity index (χ0n) is 14.6. The number of amides is 2. The first kappa shape index (κ1) is 17.1. The van der Waals surface area contributed by atoms with Gasteiger partial charge in [0.25, 0.3) is 0 Å². The summed E-state index contributed by atoms with van der Waals surface area (Å²) < 4.78 is 13.1. The van der Waals surface area contributed by atoms with E-state index in [1.54, 1.807) is 10.9 Å².